The lowest BCUT2D eigenvalue weighted by Gasteiger charge is -2.03. The Labute approximate surface area is 144 Å². The van der Waals surface area contributed by atoms with Crippen LogP contribution in [0.4, 0.5) is 0 Å². The molecule has 0 aliphatic carbocycles. The van der Waals surface area contributed by atoms with Crippen molar-refractivity contribution in [3.63, 3.8) is 0 Å². The van der Waals surface area contributed by atoms with Crippen LogP contribution in [0.2, 0.25) is 5.02 Å². The minimum Gasteiger partial charge on any atom is -0.352 e. The Hall–Kier alpha value is -2.66. The summed E-state index contributed by atoms with van der Waals surface area (Å²) in [6, 6.07) is 16.9. The van der Waals surface area contributed by atoms with E-state index in [1.807, 2.05) is 42.5 Å². The van der Waals surface area contributed by atoms with Crippen molar-refractivity contribution < 1.29 is 9.32 Å². The molecule has 2 aromatic carbocycles. The lowest BCUT2D eigenvalue weighted by atomic mass is 10.2. The van der Waals surface area contributed by atoms with Gasteiger partial charge in [0, 0.05) is 30.0 Å². The fourth-order valence-electron chi connectivity index (χ4n) is 2.18. The third-order valence-corrected chi connectivity index (χ3v) is 3.72. The van der Waals surface area contributed by atoms with E-state index in [0.29, 0.717) is 36.1 Å². The van der Waals surface area contributed by atoms with E-state index in [-0.39, 0.29) is 5.91 Å². The Morgan fingerprint density at radius 1 is 1.08 bits per heavy atom. The highest BCUT2D eigenvalue weighted by molar-refractivity contribution is 6.30. The predicted octanol–water partition coefficient (Wildman–Crippen LogP) is 3.64. The van der Waals surface area contributed by atoms with E-state index in [0.717, 1.165) is 11.1 Å². The number of aromatic nitrogens is 2. The van der Waals surface area contributed by atoms with Gasteiger partial charge in [-0.1, -0.05) is 47.1 Å². The molecule has 0 spiro atoms. The van der Waals surface area contributed by atoms with E-state index in [1.165, 1.54) is 0 Å². The third-order valence-electron chi connectivity index (χ3n) is 3.47. The molecule has 3 aromatic rings. The van der Waals surface area contributed by atoms with Crippen molar-refractivity contribution in [1.82, 2.24) is 15.5 Å². The second-order valence-corrected chi connectivity index (χ2v) is 5.72. The van der Waals surface area contributed by atoms with E-state index < -0.39 is 0 Å². The van der Waals surface area contributed by atoms with Crippen molar-refractivity contribution in [2.45, 2.75) is 19.4 Å². The smallest absolute Gasteiger partial charge is 0.227 e. The number of hydrogen-bond donors (Lipinski definition) is 1. The van der Waals surface area contributed by atoms with Gasteiger partial charge in [-0.3, -0.25) is 4.79 Å². The van der Waals surface area contributed by atoms with Gasteiger partial charge < -0.3 is 9.84 Å². The zero-order valence-corrected chi connectivity index (χ0v) is 13.7. The summed E-state index contributed by atoms with van der Waals surface area (Å²) in [4.78, 5) is 16.2. The van der Waals surface area contributed by atoms with Crippen molar-refractivity contribution in [2.75, 3.05) is 0 Å². The summed E-state index contributed by atoms with van der Waals surface area (Å²) in [6.07, 6.45) is 0.705. The number of benzene rings is 2. The number of hydrogen-bond acceptors (Lipinski definition) is 4. The molecule has 0 saturated carbocycles. The van der Waals surface area contributed by atoms with Gasteiger partial charge in [0.2, 0.25) is 17.6 Å². The molecule has 3 rings (SSSR count). The van der Waals surface area contributed by atoms with E-state index in [1.54, 1.807) is 12.1 Å². The molecule has 0 unspecified atom stereocenters. The van der Waals surface area contributed by atoms with E-state index >= 15 is 0 Å². The topological polar surface area (TPSA) is 68.0 Å². The normalized spacial score (nSPS) is 10.5. The zero-order chi connectivity index (χ0) is 16.8. The minimum absolute atomic E-state index is 0.0508. The molecule has 122 valence electrons. The average molecular weight is 342 g/mol. The van der Waals surface area contributed by atoms with Crippen LogP contribution in [0.1, 0.15) is 17.9 Å². The summed E-state index contributed by atoms with van der Waals surface area (Å²) in [7, 11) is 0. The van der Waals surface area contributed by atoms with Crippen LogP contribution in [0.25, 0.3) is 11.4 Å². The predicted molar refractivity (Wildman–Crippen MR) is 91.4 cm³/mol. The first-order chi connectivity index (χ1) is 11.7. The first-order valence-electron chi connectivity index (χ1n) is 7.60. The molecule has 0 aliphatic rings. The number of amides is 1. The summed E-state index contributed by atoms with van der Waals surface area (Å²) in [5, 5.41) is 7.45. The van der Waals surface area contributed by atoms with Gasteiger partial charge in [-0.25, -0.2) is 0 Å². The van der Waals surface area contributed by atoms with Gasteiger partial charge in [-0.15, -0.1) is 0 Å². The van der Waals surface area contributed by atoms with E-state index in [4.69, 9.17) is 16.1 Å². The van der Waals surface area contributed by atoms with Crippen LogP contribution in [0.3, 0.4) is 0 Å². The molecule has 0 radical (unpaired) electrons. The highest BCUT2D eigenvalue weighted by Gasteiger charge is 2.10. The number of halogens is 1. The molecular formula is C18H16ClN3O2. The Balaban J connectivity index is 1.50. The maximum Gasteiger partial charge on any atom is 0.227 e. The molecule has 0 atom stereocenters. The molecular weight excluding hydrogens is 326 g/mol. The second-order valence-electron chi connectivity index (χ2n) is 5.28. The number of nitrogens with one attached hydrogen (secondary N) is 1. The quantitative estimate of drug-likeness (QED) is 0.743. The van der Waals surface area contributed by atoms with Crippen LogP contribution >= 0.6 is 11.6 Å². The lowest BCUT2D eigenvalue weighted by Crippen LogP contribution is -2.22. The maximum absolute atomic E-state index is 11.9. The number of rotatable bonds is 6. The summed E-state index contributed by atoms with van der Waals surface area (Å²) >= 11 is 5.85. The molecule has 5 nitrogen and oxygen atoms in total. The number of carbonyl (C=O) groups excluding carboxylic acids is 1. The molecule has 0 bridgehead atoms. The number of nitrogens with zero attached hydrogens (tertiary/aromatic N) is 2. The van der Waals surface area contributed by atoms with Crippen molar-refractivity contribution in [2.24, 2.45) is 0 Å². The molecule has 0 aliphatic heterocycles. The van der Waals surface area contributed by atoms with Crippen molar-refractivity contribution >= 4 is 17.5 Å². The van der Waals surface area contributed by atoms with Crippen molar-refractivity contribution in [3.05, 3.63) is 71.1 Å². The molecule has 6 heteroatoms. The average Bonchev–Trinajstić information content (AvgIpc) is 3.09. The molecule has 24 heavy (non-hydrogen) atoms. The summed E-state index contributed by atoms with van der Waals surface area (Å²) in [5.74, 6) is 0.881. The van der Waals surface area contributed by atoms with Gasteiger partial charge in [0.15, 0.2) is 0 Å². The largest absolute Gasteiger partial charge is 0.352 e. The minimum atomic E-state index is -0.0508. The molecule has 1 aromatic heterocycles. The van der Waals surface area contributed by atoms with Crippen LogP contribution in [0, 0.1) is 0 Å². The van der Waals surface area contributed by atoms with Crippen LogP contribution in [0.5, 0.6) is 0 Å². The monoisotopic (exact) mass is 341 g/mol. The number of aryl methyl sites for hydroxylation is 1. The van der Waals surface area contributed by atoms with E-state index in [2.05, 4.69) is 15.5 Å². The fourth-order valence-corrected chi connectivity index (χ4v) is 2.30. The molecule has 1 N–H and O–H groups in total. The first-order valence-corrected chi connectivity index (χ1v) is 7.97. The third kappa shape index (κ3) is 4.43. The molecule has 1 amide bonds. The summed E-state index contributed by atoms with van der Waals surface area (Å²) < 4.78 is 5.19. The second kappa shape index (κ2) is 7.75. The molecule has 0 saturated heterocycles. The first kappa shape index (κ1) is 16.2. The van der Waals surface area contributed by atoms with Crippen LogP contribution in [0.15, 0.2) is 59.1 Å². The fraction of sp³-hybridized carbons (Fsp3) is 0.167. The van der Waals surface area contributed by atoms with Gasteiger partial charge in [0.05, 0.1) is 0 Å². The summed E-state index contributed by atoms with van der Waals surface area (Å²) in [5.41, 5.74) is 1.89. The Bertz CT molecular complexity index is 801. The highest BCUT2D eigenvalue weighted by atomic mass is 35.5. The highest BCUT2D eigenvalue weighted by Crippen LogP contribution is 2.18. The van der Waals surface area contributed by atoms with Gasteiger partial charge in [-0.2, -0.15) is 4.98 Å². The number of carbonyl (C=O) groups is 1. The molecule has 1 heterocycles. The Morgan fingerprint density at radius 3 is 2.58 bits per heavy atom. The maximum atomic E-state index is 11.9. The summed E-state index contributed by atoms with van der Waals surface area (Å²) in [6.45, 7) is 0.513. The Morgan fingerprint density at radius 2 is 1.83 bits per heavy atom. The van der Waals surface area contributed by atoms with Gasteiger partial charge in [0.25, 0.3) is 0 Å². The van der Waals surface area contributed by atoms with Gasteiger partial charge in [-0.05, 0) is 29.8 Å². The molecule has 0 fully saturated rings. The standard InChI is InChI=1S/C18H16ClN3O2/c19-15-8-6-14(7-9-15)18-21-17(24-22-18)11-10-16(23)20-12-13-4-2-1-3-5-13/h1-9H,10-12H2,(H,20,23). The van der Waals surface area contributed by atoms with Gasteiger partial charge >= 0.3 is 0 Å². The van der Waals surface area contributed by atoms with Crippen LogP contribution in [-0.4, -0.2) is 16.0 Å². The van der Waals surface area contributed by atoms with E-state index in [9.17, 15) is 4.79 Å². The SMILES string of the molecule is O=C(CCc1nc(-c2ccc(Cl)cc2)no1)NCc1ccccc1. The van der Waals surface area contributed by atoms with Crippen molar-refractivity contribution in [1.29, 1.82) is 0 Å². The van der Waals surface area contributed by atoms with Gasteiger partial charge in [0.1, 0.15) is 0 Å². The van der Waals surface area contributed by atoms with Crippen LogP contribution < -0.4 is 5.32 Å². The van der Waals surface area contributed by atoms with Crippen molar-refractivity contribution in [3.8, 4) is 11.4 Å². The Kier molecular flexibility index (Phi) is 5.23. The lowest BCUT2D eigenvalue weighted by molar-refractivity contribution is -0.121. The van der Waals surface area contributed by atoms with Crippen LogP contribution in [-0.2, 0) is 17.8 Å². The zero-order valence-electron chi connectivity index (χ0n) is 12.9.